The molecule has 4 aliphatic carbocycles. The first-order chi connectivity index (χ1) is 56.8. The SMILES string of the molecule is CC(C)(C)OC(=O)N1CC[C@H]1COc1cncc([C@H]2C[C@@H]2CCF)c1.CC(C)(C)OC(=O)N1CC[C@H]1COc1cncc([C@H]2C[C@@H]2CCO)c1.Cc1ccc(S(=O)(=O)OCC[C@H]2C[C@@H]2c2cncc(OC[C@@H]3CCN3C(=O)OC(C)(C)C)c2)cc1.Cc1ccc(S(=O)(=O)OCC[C@H]2C[C@@H]2c2cncc(OC[C@@H]3CCN3C(=O)OC(C)(C)C)c2)cc1. The molecule has 0 unspecified atom stereocenters. The van der Waals surface area contributed by atoms with Gasteiger partial charge in [0.15, 0.2) is 0 Å². The third kappa shape index (κ3) is 27.5. The average molecular weight is 1700 g/mol. The van der Waals surface area contributed by atoms with Gasteiger partial charge in [-0.05, 0) is 292 Å². The summed E-state index contributed by atoms with van der Waals surface area (Å²) in [5, 5.41) is 9.03. The predicted molar refractivity (Wildman–Crippen MR) is 448 cm³/mol. The van der Waals surface area contributed by atoms with Crippen molar-refractivity contribution in [3.63, 3.8) is 0 Å². The molecule has 0 spiro atoms. The number of aliphatic hydroxyl groups excluding tert-OH is 1. The Morgan fingerprint density at radius 1 is 0.392 bits per heavy atom. The second kappa shape index (κ2) is 39.9. The Kier molecular flexibility index (Phi) is 30.5. The summed E-state index contributed by atoms with van der Waals surface area (Å²) in [7, 11) is -7.47. The summed E-state index contributed by atoms with van der Waals surface area (Å²) >= 11 is 0. The Balaban J connectivity index is 0.000000158. The summed E-state index contributed by atoms with van der Waals surface area (Å²) in [4.78, 5) is 73.1. The zero-order valence-electron chi connectivity index (χ0n) is 72.0. The van der Waals surface area contributed by atoms with Gasteiger partial charge in [0, 0.05) is 57.6 Å². The minimum atomic E-state index is -3.74. The van der Waals surface area contributed by atoms with Crippen LogP contribution in [0.3, 0.4) is 0 Å². The van der Waals surface area contributed by atoms with Crippen molar-refractivity contribution in [2.24, 2.45) is 23.7 Å². The first-order valence-corrected chi connectivity index (χ1v) is 45.0. The van der Waals surface area contributed by atoms with E-state index in [-0.39, 0.29) is 84.8 Å². The summed E-state index contributed by atoms with van der Waals surface area (Å²) in [6, 6.07) is 21.4. The lowest BCUT2D eigenvalue weighted by Crippen LogP contribution is -2.55. The molecule has 4 amide bonds. The normalized spacial score (nSPS) is 23.3. The van der Waals surface area contributed by atoms with Crippen LogP contribution in [0.1, 0.15) is 217 Å². The van der Waals surface area contributed by atoms with Gasteiger partial charge in [-0.3, -0.25) is 32.7 Å². The number of nitrogens with zero attached hydrogens (tertiary/aromatic N) is 8. The Bertz CT molecular complexity index is 4360. The molecule has 6 aromatic rings. The van der Waals surface area contributed by atoms with Gasteiger partial charge in [0.2, 0.25) is 0 Å². The summed E-state index contributed by atoms with van der Waals surface area (Å²) in [6.07, 6.45) is 23.4. The van der Waals surface area contributed by atoms with Gasteiger partial charge in [-0.2, -0.15) is 16.8 Å². The molecule has 8 heterocycles. The molecular formula is C90H123FN8O19S2. The van der Waals surface area contributed by atoms with Crippen molar-refractivity contribution in [3.05, 3.63) is 156 Å². The number of rotatable bonds is 30. The zero-order valence-corrected chi connectivity index (χ0v) is 73.6. The predicted octanol–water partition coefficient (Wildman–Crippen LogP) is 16.2. The van der Waals surface area contributed by atoms with E-state index >= 15 is 0 Å². The van der Waals surface area contributed by atoms with Crippen LogP contribution in [-0.2, 0) is 47.5 Å². The number of benzene rings is 2. The smallest absolute Gasteiger partial charge is 0.410 e. The van der Waals surface area contributed by atoms with Crippen LogP contribution >= 0.6 is 0 Å². The number of ether oxygens (including phenoxy) is 8. The number of carbonyl (C=O) groups is 4. The van der Waals surface area contributed by atoms with E-state index in [0.717, 1.165) is 91.4 Å². The maximum atomic E-state index is 12.4. The van der Waals surface area contributed by atoms with Crippen molar-refractivity contribution >= 4 is 44.6 Å². The van der Waals surface area contributed by atoms with E-state index in [1.165, 1.54) is 5.56 Å². The third-order valence-electron chi connectivity index (χ3n) is 22.3. The number of amides is 4. The van der Waals surface area contributed by atoms with E-state index in [1.807, 2.05) is 146 Å². The highest BCUT2D eigenvalue weighted by Gasteiger charge is 2.44. The number of aromatic nitrogens is 4. The molecule has 4 aliphatic heterocycles. The molecule has 4 aromatic heterocycles. The molecule has 14 rings (SSSR count). The molecular weight excluding hydrogens is 1580 g/mol. The summed E-state index contributed by atoms with van der Waals surface area (Å²) in [5.41, 5.74) is 4.43. The van der Waals surface area contributed by atoms with Crippen molar-refractivity contribution in [2.75, 3.05) is 79.1 Å². The number of carbonyl (C=O) groups excluding carboxylic acids is 4. The van der Waals surface area contributed by atoms with Crippen molar-refractivity contribution in [3.8, 4) is 23.0 Å². The molecule has 0 bridgehead atoms. The fourth-order valence-electron chi connectivity index (χ4n) is 14.7. The van der Waals surface area contributed by atoms with Crippen LogP contribution in [0.4, 0.5) is 23.6 Å². The molecule has 4 saturated heterocycles. The number of aryl methyl sites for hydroxylation is 2. The fourth-order valence-corrected chi connectivity index (χ4v) is 16.6. The molecule has 0 radical (unpaired) electrons. The monoisotopic (exact) mass is 1700 g/mol. The number of pyridine rings is 4. The number of hydrogen-bond acceptors (Lipinski definition) is 23. The highest BCUT2D eigenvalue weighted by Crippen LogP contribution is 2.53. The standard InChI is InChI=1S/2C26H34N2O6S.C19H27FN2O3.C19H28N2O4/c2*1-18-5-7-23(8-6-18)35(30,31)33-12-10-19-14-24(19)20-13-22(16-27-15-20)32-17-21-9-11-28(21)25(29)34-26(2,3)4;1-19(2,3)25-18(23)22-7-5-15(22)12-24-16-8-14(10-21-11-16)17-9-13(17)4-6-20;1-19(2,3)25-18(23)21-6-4-15(21)12-24-16-8-14(10-20-11-16)17-9-13(17)5-7-22/h2*5-8,13,15-16,19,21,24H,9-12,14,17H2,1-4H3;8,10-11,13,15,17H,4-7,9,12H2,1-3H3;8,10-11,13,15,17,22H,4-7,9,12H2,1-3H3/t2*19-,21-,24-;2*13-,15-,17-/m0000/s1. The highest BCUT2D eigenvalue weighted by atomic mass is 32.2. The Hall–Kier alpha value is -8.97. The topological polar surface area (TPSA) is 314 Å². The molecule has 2 aromatic carbocycles. The van der Waals surface area contributed by atoms with E-state index in [2.05, 4.69) is 19.9 Å². The zero-order chi connectivity index (χ0) is 86.5. The average Bonchev–Trinajstić information content (AvgIpc) is 1.66. The first-order valence-electron chi connectivity index (χ1n) is 42.2. The molecule has 1 N–H and O–H groups in total. The van der Waals surface area contributed by atoms with Crippen molar-refractivity contribution in [1.82, 2.24) is 39.5 Å². The Morgan fingerprint density at radius 2 is 0.642 bits per heavy atom. The Labute approximate surface area is 707 Å². The maximum Gasteiger partial charge on any atom is 0.410 e. The van der Waals surface area contributed by atoms with Gasteiger partial charge < -0.3 is 62.6 Å². The molecule has 12 atom stereocenters. The number of likely N-dealkylation sites (tertiary alicyclic amines) is 4. The van der Waals surface area contributed by atoms with Gasteiger partial charge in [0.25, 0.3) is 20.2 Å². The summed E-state index contributed by atoms with van der Waals surface area (Å²) < 4.78 is 118. The molecule has 8 fully saturated rings. The van der Waals surface area contributed by atoms with Gasteiger partial charge in [-0.25, -0.2) is 19.2 Å². The molecule has 120 heavy (non-hydrogen) atoms. The van der Waals surface area contributed by atoms with Crippen LogP contribution in [0, 0.1) is 37.5 Å². The van der Waals surface area contributed by atoms with Gasteiger partial charge >= 0.3 is 24.4 Å². The van der Waals surface area contributed by atoms with Crippen molar-refractivity contribution in [1.29, 1.82) is 0 Å². The fraction of sp³-hybridized carbons (Fsp3) is 0.600. The van der Waals surface area contributed by atoms with E-state index in [0.29, 0.717) is 136 Å². The molecule has 27 nitrogen and oxygen atoms in total. The molecule has 656 valence electrons. The van der Waals surface area contributed by atoms with Gasteiger partial charge in [0.1, 0.15) is 71.8 Å². The van der Waals surface area contributed by atoms with E-state index in [9.17, 15) is 40.4 Å². The van der Waals surface area contributed by atoms with Gasteiger partial charge in [-0.1, -0.05) is 35.4 Å². The van der Waals surface area contributed by atoms with Crippen LogP contribution < -0.4 is 18.9 Å². The van der Waals surface area contributed by atoms with Crippen LogP contribution in [0.5, 0.6) is 23.0 Å². The third-order valence-corrected chi connectivity index (χ3v) is 24.9. The Morgan fingerprint density at radius 3 is 0.867 bits per heavy atom. The van der Waals surface area contributed by atoms with E-state index < -0.39 is 42.6 Å². The van der Waals surface area contributed by atoms with Crippen molar-refractivity contribution < 1.29 is 91.8 Å². The largest absolute Gasteiger partial charge is 0.490 e. The number of halogens is 1. The van der Waals surface area contributed by atoms with E-state index in [4.69, 9.17) is 51.4 Å². The maximum absolute atomic E-state index is 12.4. The lowest BCUT2D eigenvalue weighted by molar-refractivity contribution is -0.0149. The number of alkyl halides is 1. The second-order valence-electron chi connectivity index (χ2n) is 36.7. The number of hydrogen-bond donors (Lipinski definition) is 1. The van der Waals surface area contributed by atoms with Crippen LogP contribution in [0.15, 0.2) is 132 Å². The lowest BCUT2D eigenvalue weighted by atomic mass is 10.1. The number of aliphatic hydroxyl groups is 1. The minimum absolute atomic E-state index is 0.00481. The van der Waals surface area contributed by atoms with Crippen LogP contribution in [-0.4, -0.2) is 212 Å². The molecule has 30 heteroatoms. The van der Waals surface area contributed by atoms with Gasteiger partial charge in [-0.15, -0.1) is 0 Å². The van der Waals surface area contributed by atoms with Crippen molar-refractivity contribution in [2.45, 2.75) is 254 Å². The van der Waals surface area contributed by atoms with Crippen LogP contribution in [0.2, 0.25) is 0 Å². The lowest BCUT2D eigenvalue weighted by Gasteiger charge is -2.41. The summed E-state index contributed by atoms with van der Waals surface area (Å²) in [6.45, 7) is 30.9. The van der Waals surface area contributed by atoms with E-state index in [1.54, 1.807) is 92.9 Å². The summed E-state index contributed by atoms with van der Waals surface area (Å²) in [5.74, 6) is 6.04. The minimum Gasteiger partial charge on any atom is -0.490 e. The van der Waals surface area contributed by atoms with Gasteiger partial charge in [0.05, 0.1) is 78.6 Å². The van der Waals surface area contributed by atoms with Crippen LogP contribution in [0.25, 0.3) is 0 Å². The molecule has 4 saturated carbocycles. The quantitative estimate of drug-likeness (QED) is 0.0323. The first kappa shape index (κ1) is 91.8. The highest BCUT2D eigenvalue weighted by molar-refractivity contribution is 7.87. The second-order valence-corrected chi connectivity index (χ2v) is 39.9. The molecule has 8 aliphatic rings.